The quantitative estimate of drug-likeness (QED) is 0.889. The van der Waals surface area contributed by atoms with E-state index >= 15 is 0 Å². The third kappa shape index (κ3) is 3.16. The van der Waals surface area contributed by atoms with Gasteiger partial charge in [0.2, 0.25) is 5.91 Å². The molecule has 1 aliphatic carbocycles. The molecule has 2 amide bonds. The van der Waals surface area contributed by atoms with Crippen LogP contribution in [0.1, 0.15) is 35.8 Å². The molecule has 6 nitrogen and oxygen atoms in total. The first-order valence-electron chi connectivity index (χ1n) is 7.33. The van der Waals surface area contributed by atoms with E-state index in [1.165, 1.54) is 6.26 Å². The van der Waals surface area contributed by atoms with E-state index in [4.69, 9.17) is 4.42 Å². The van der Waals surface area contributed by atoms with Crippen LogP contribution in [0.15, 0.2) is 34.9 Å². The lowest BCUT2D eigenvalue weighted by Gasteiger charge is -2.07. The molecule has 22 heavy (non-hydrogen) atoms. The molecule has 6 heteroatoms. The molecule has 0 radical (unpaired) electrons. The summed E-state index contributed by atoms with van der Waals surface area (Å²) >= 11 is 0. The number of aromatic nitrogens is 1. The third-order valence-corrected chi connectivity index (χ3v) is 3.56. The van der Waals surface area contributed by atoms with E-state index in [9.17, 15) is 9.59 Å². The van der Waals surface area contributed by atoms with Gasteiger partial charge in [-0.05, 0) is 30.9 Å². The van der Waals surface area contributed by atoms with Crippen molar-refractivity contribution in [2.45, 2.75) is 26.2 Å². The van der Waals surface area contributed by atoms with Gasteiger partial charge in [0, 0.05) is 11.6 Å². The predicted molar refractivity (Wildman–Crippen MR) is 81.6 cm³/mol. The zero-order valence-corrected chi connectivity index (χ0v) is 12.3. The molecule has 1 aromatic carbocycles. The number of para-hydroxylation sites is 1. The zero-order chi connectivity index (χ0) is 15.5. The van der Waals surface area contributed by atoms with Crippen molar-refractivity contribution in [2.24, 2.45) is 5.92 Å². The van der Waals surface area contributed by atoms with Crippen LogP contribution >= 0.6 is 0 Å². The van der Waals surface area contributed by atoms with Crippen molar-refractivity contribution < 1.29 is 14.0 Å². The van der Waals surface area contributed by atoms with Crippen LogP contribution in [0.4, 0.5) is 11.7 Å². The molecule has 1 aliphatic rings. The van der Waals surface area contributed by atoms with E-state index in [-0.39, 0.29) is 29.4 Å². The van der Waals surface area contributed by atoms with Crippen molar-refractivity contribution in [3.05, 3.63) is 41.8 Å². The Kier molecular flexibility index (Phi) is 3.91. The summed E-state index contributed by atoms with van der Waals surface area (Å²) in [6, 6.07) is 7.65. The zero-order valence-electron chi connectivity index (χ0n) is 12.3. The summed E-state index contributed by atoms with van der Waals surface area (Å²) in [4.78, 5) is 27.8. The molecule has 1 saturated carbocycles. The highest BCUT2D eigenvalue weighted by molar-refractivity contribution is 6.03. The summed E-state index contributed by atoms with van der Waals surface area (Å²) in [6.07, 6.45) is 3.85. The number of carbonyl (C=O) groups excluding carboxylic acids is 2. The van der Waals surface area contributed by atoms with Gasteiger partial charge >= 0.3 is 6.01 Å². The van der Waals surface area contributed by atoms with Gasteiger partial charge in [-0.3, -0.25) is 14.9 Å². The van der Waals surface area contributed by atoms with Gasteiger partial charge in [-0.25, -0.2) is 0 Å². The SMILES string of the molecule is CCc1ccccc1NC(=O)c1coc(NC(=O)C2CC2)n1. The maximum absolute atomic E-state index is 12.2. The topological polar surface area (TPSA) is 84.2 Å². The lowest BCUT2D eigenvalue weighted by molar-refractivity contribution is -0.117. The number of oxazole rings is 1. The van der Waals surface area contributed by atoms with Crippen LogP contribution in [0.25, 0.3) is 0 Å². The molecule has 0 atom stereocenters. The standard InChI is InChI=1S/C16H17N3O3/c1-2-10-5-3-4-6-12(10)17-15(21)13-9-22-16(18-13)19-14(20)11-7-8-11/h3-6,9,11H,2,7-8H2,1H3,(H,17,21)(H,18,19,20). The molecule has 0 unspecified atom stereocenters. The first kappa shape index (κ1) is 14.3. The summed E-state index contributed by atoms with van der Waals surface area (Å²) in [5.41, 5.74) is 1.93. The van der Waals surface area contributed by atoms with Crippen molar-refractivity contribution in [1.29, 1.82) is 0 Å². The van der Waals surface area contributed by atoms with Crippen molar-refractivity contribution in [3.8, 4) is 0 Å². The van der Waals surface area contributed by atoms with Crippen molar-refractivity contribution in [3.63, 3.8) is 0 Å². The molecular formula is C16H17N3O3. The molecule has 2 N–H and O–H groups in total. The Hall–Kier alpha value is -2.63. The summed E-state index contributed by atoms with van der Waals surface area (Å²) in [6.45, 7) is 2.02. The van der Waals surface area contributed by atoms with Crippen LogP contribution in [0.5, 0.6) is 0 Å². The maximum atomic E-state index is 12.2. The Morgan fingerprint density at radius 2 is 2.05 bits per heavy atom. The second kappa shape index (κ2) is 6.01. The van der Waals surface area contributed by atoms with Crippen LogP contribution < -0.4 is 10.6 Å². The highest BCUT2D eigenvalue weighted by Crippen LogP contribution is 2.30. The Balaban J connectivity index is 1.67. The van der Waals surface area contributed by atoms with Crippen molar-refractivity contribution in [2.75, 3.05) is 10.6 Å². The minimum absolute atomic E-state index is 0.0561. The fourth-order valence-corrected chi connectivity index (χ4v) is 2.13. The van der Waals surface area contributed by atoms with Crippen molar-refractivity contribution in [1.82, 2.24) is 4.98 Å². The largest absolute Gasteiger partial charge is 0.431 e. The highest BCUT2D eigenvalue weighted by Gasteiger charge is 2.30. The number of hydrogen-bond acceptors (Lipinski definition) is 4. The molecule has 1 fully saturated rings. The Morgan fingerprint density at radius 3 is 2.77 bits per heavy atom. The molecular weight excluding hydrogens is 282 g/mol. The van der Waals surface area contributed by atoms with E-state index in [2.05, 4.69) is 15.6 Å². The Morgan fingerprint density at radius 1 is 1.27 bits per heavy atom. The minimum Gasteiger partial charge on any atom is -0.431 e. The summed E-state index contributed by atoms with van der Waals surface area (Å²) in [7, 11) is 0. The van der Waals surface area contributed by atoms with E-state index in [0.29, 0.717) is 0 Å². The van der Waals surface area contributed by atoms with Crippen LogP contribution in [0, 0.1) is 5.92 Å². The fourth-order valence-electron chi connectivity index (χ4n) is 2.13. The lowest BCUT2D eigenvalue weighted by atomic mass is 10.1. The molecule has 0 aliphatic heterocycles. The minimum atomic E-state index is -0.364. The van der Waals surface area contributed by atoms with E-state index < -0.39 is 0 Å². The predicted octanol–water partition coefficient (Wildman–Crippen LogP) is 2.84. The number of benzene rings is 1. The molecule has 0 saturated heterocycles. The molecule has 0 spiro atoms. The van der Waals surface area contributed by atoms with Gasteiger partial charge in [0.05, 0.1) is 0 Å². The van der Waals surface area contributed by atoms with E-state index in [0.717, 1.165) is 30.5 Å². The van der Waals surface area contributed by atoms with E-state index in [1.807, 2.05) is 31.2 Å². The summed E-state index contributed by atoms with van der Waals surface area (Å²) in [5, 5.41) is 5.37. The summed E-state index contributed by atoms with van der Waals surface area (Å²) in [5.74, 6) is -0.415. The molecule has 3 rings (SSSR count). The second-order valence-electron chi connectivity index (χ2n) is 5.27. The molecule has 114 valence electrons. The van der Waals surface area contributed by atoms with Crippen LogP contribution in [0.3, 0.4) is 0 Å². The number of rotatable bonds is 5. The normalized spacial score (nSPS) is 13.7. The fraction of sp³-hybridized carbons (Fsp3) is 0.312. The highest BCUT2D eigenvalue weighted by atomic mass is 16.4. The average molecular weight is 299 g/mol. The number of anilines is 2. The first-order valence-corrected chi connectivity index (χ1v) is 7.33. The first-order chi connectivity index (χ1) is 10.7. The number of nitrogens with zero attached hydrogens (tertiary/aromatic N) is 1. The van der Waals surface area contributed by atoms with Crippen LogP contribution in [-0.4, -0.2) is 16.8 Å². The van der Waals surface area contributed by atoms with Crippen LogP contribution in [0.2, 0.25) is 0 Å². The maximum Gasteiger partial charge on any atom is 0.302 e. The van der Waals surface area contributed by atoms with Gasteiger partial charge < -0.3 is 9.73 Å². The van der Waals surface area contributed by atoms with E-state index in [1.54, 1.807) is 0 Å². The van der Waals surface area contributed by atoms with Gasteiger partial charge in [0.25, 0.3) is 5.91 Å². The molecule has 1 heterocycles. The number of hydrogen-bond donors (Lipinski definition) is 2. The molecule has 1 aromatic heterocycles. The Labute approximate surface area is 127 Å². The smallest absolute Gasteiger partial charge is 0.302 e. The number of nitrogens with one attached hydrogen (secondary N) is 2. The molecule has 2 aromatic rings. The summed E-state index contributed by atoms with van der Waals surface area (Å²) < 4.78 is 5.12. The average Bonchev–Trinajstić information content (AvgIpc) is 3.28. The number of carbonyl (C=O) groups is 2. The van der Waals surface area contributed by atoms with Gasteiger partial charge in [-0.15, -0.1) is 0 Å². The van der Waals surface area contributed by atoms with Crippen molar-refractivity contribution >= 4 is 23.5 Å². The third-order valence-electron chi connectivity index (χ3n) is 3.56. The van der Waals surface area contributed by atoms with Gasteiger partial charge in [-0.2, -0.15) is 4.98 Å². The lowest BCUT2D eigenvalue weighted by Crippen LogP contribution is -2.15. The number of aryl methyl sites for hydroxylation is 1. The van der Waals surface area contributed by atoms with Crippen LogP contribution in [-0.2, 0) is 11.2 Å². The molecule has 0 bridgehead atoms. The van der Waals surface area contributed by atoms with Gasteiger partial charge in [-0.1, -0.05) is 25.1 Å². The van der Waals surface area contributed by atoms with Gasteiger partial charge in [0.15, 0.2) is 5.69 Å². The van der Waals surface area contributed by atoms with Gasteiger partial charge in [0.1, 0.15) is 6.26 Å². The number of amides is 2. The monoisotopic (exact) mass is 299 g/mol. The second-order valence-corrected chi connectivity index (χ2v) is 5.27. The Bertz CT molecular complexity index is 704.